The van der Waals surface area contributed by atoms with Crippen LogP contribution in [0.25, 0.3) is 0 Å². The van der Waals surface area contributed by atoms with Crippen molar-refractivity contribution in [2.24, 2.45) is 4.99 Å². The zero-order chi connectivity index (χ0) is 22.5. The molecular weight excluding hydrogens is 414 g/mol. The number of amides is 1. The average Bonchev–Trinajstić information content (AvgIpc) is 3.50. The number of fused-ring (bicyclic) bond motifs is 5. The van der Waals surface area contributed by atoms with Crippen molar-refractivity contribution in [3.8, 4) is 5.75 Å². The summed E-state index contributed by atoms with van der Waals surface area (Å²) in [5.74, 6) is 2.58. The first-order valence-corrected chi connectivity index (χ1v) is 11.7. The molecule has 0 radical (unpaired) electrons. The first-order valence-electron chi connectivity index (χ1n) is 11.7. The van der Waals surface area contributed by atoms with E-state index < -0.39 is 0 Å². The van der Waals surface area contributed by atoms with Gasteiger partial charge in [-0.3, -0.25) is 14.6 Å². The predicted molar refractivity (Wildman–Crippen MR) is 127 cm³/mol. The van der Waals surface area contributed by atoms with E-state index in [0.29, 0.717) is 25.2 Å². The molecule has 33 heavy (non-hydrogen) atoms. The van der Waals surface area contributed by atoms with Gasteiger partial charge in [0, 0.05) is 19.5 Å². The minimum absolute atomic E-state index is 0.0342. The fourth-order valence-electron chi connectivity index (χ4n) is 5.42. The molecule has 2 aromatic carbocycles. The van der Waals surface area contributed by atoms with Crippen molar-refractivity contribution >= 4 is 17.7 Å². The highest BCUT2D eigenvalue weighted by Gasteiger charge is 2.49. The molecule has 0 saturated heterocycles. The second-order valence-corrected chi connectivity index (χ2v) is 9.03. The third-order valence-electron chi connectivity index (χ3n) is 7.02. The van der Waals surface area contributed by atoms with Crippen molar-refractivity contribution in [3.05, 3.63) is 77.2 Å². The zero-order valence-corrected chi connectivity index (χ0v) is 18.7. The number of phenolic OH excluding ortho intramolecular Hbond substituents is 1. The number of aromatic nitrogens is 2. The molecule has 3 aliphatic rings. The van der Waals surface area contributed by atoms with Crippen LogP contribution in [0.1, 0.15) is 53.6 Å². The van der Waals surface area contributed by atoms with Gasteiger partial charge in [0.05, 0.1) is 12.1 Å². The molecule has 7 heteroatoms. The molecule has 2 atom stereocenters. The van der Waals surface area contributed by atoms with Crippen LogP contribution >= 0.6 is 0 Å². The molecule has 0 unspecified atom stereocenters. The normalized spacial score (nSPS) is 21.1. The number of hydrogen-bond donors (Lipinski definition) is 1. The molecule has 1 aliphatic carbocycles. The summed E-state index contributed by atoms with van der Waals surface area (Å²) in [6.07, 6.45) is 3.93. The first kappa shape index (κ1) is 20.0. The lowest BCUT2D eigenvalue weighted by Gasteiger charge is -2.35. The van der Waals surface area contributed by atoms with Crippen molar-refractivity contribution in [1.29, 1.82) is 0 Å². The summed E-state index contributed by atoms with van der Waals surface area (Å²) in [6.45, 7) is 3.09. The van der Waals surface area contributed by atoms with E-state index in [4.69, 9.17) is 9.98 Å². The fourth-order valence-corrected chi connectivity index (χ4v) is 5.42. The molecule has 3 heterocycles. The molecule has 3 aromatic rings. The Morgan fingerprint density at radius 3 is 2.58 bits per heavy atom. The molecular formula is C26H27N5O2. The molecule has 1 amide bonds. The maximum Gasteiger partial charge on any atom is 0.281 e. The van der Waals surface area contributed by atoms with Gasteiger partial charge in [-0.25, -0.2) is 9.98 Å². The number of aliphatic imine (C=N–C) groups is 1. The van der Waals surface area contributed by atoms with Crippen LogP contribution in [0.4, 0.5) is 5.82 Å². The van der Waals surface area contributed by atoms with Crippen LogP contribution in [0.15, 0.2) is 59.6 Å². The Labute approximate surface area is 193 Å². The molecule has 2 aliphatic heterocycles. The van der Waals surface area contributed by atoms with Gasteiger partial charge >= 0.3 is 0 Å². The van der Waals surface area contributed by atoms with Crippen molar-refractivity contribution in [3.63, 3.8) is 0 Å². The van der Waals surface area contributed by atoms with Gasteiger partial charge < -0.3 is 9.67 Å². The van der Waals surface area contributed by atoms with Crippen molar-refractivity contribution in [2.75, 3.05) is 11.4 Å². The Morgan fingerprint density at radius 1 is 1.03 bits per heavy atom. The Bertz CT molecular complexity index is 1230. The maximum atomic E-state index is 13.8. The fraction of sp³-hybridized carbons (Fsp3) is 0.346. The number of anilines is 1. The van der Waals surface area contributed by atoms with E-state index in [2.05, 4.69) is 21.6 Å². The highest BCUT2D eigenvalue weighted by molar-refractivity contribution is 6.18. The van der Waals surface area contributed by atoms with E-state index in [1.807, 2.05) is 42.2 Å². The number of carbonyl (C=O) groups excluding carboxylic acids is 1. The molecule has 7 nitrogen and oxygen atoms in total. The van der Waals surface area contributed by atoms with Gasteiger partial charge in [0.15, 0.2) is 11.5 Å². The molecule has 1 aromatic heterocycles. The summed E-state index contributed by atoms with van der Waals surface area (Å²) < 4.78 is 2.07. The number of benzene rings is 2. The van der Waals surface area contributed by atoms with Crippen LogP contribution in [-0.2, 0) is 13.0 Å². The number of guanidine groups is 1. The molecule has 0 spiro atoms. The van der Waals surface area contributed by atoms with Crippen LogP contribution in [-0.4, -0.2) is 50.1 Å². The van der Waals surface area contributed by atoms with Crippen molar-refractivity contribution in [2.45, 2.75) is 51.2 Å². The smallest absolute Gasteiger partial charge is 0.281 e. The average molecular weight is 442 g/mol. The molecule has 1 fully saturated rings. The number of carbonyl (C=O) groups is 1. The number of hydrogen-bond acceptors (Lipinski definition) is 5. The van der Waals surface area contributed by atoms with Crippen LogP contribution in [0.2, 0.25) is 0 Å². The number of nitrogens with zero attached hydrogens (tertiary/aromatic N) is 5. The van der Waals surface area contributed by atoms with E-state index in [1.165, 1.54) is 0 Å². The van der Waals surface area contributed by atoms with Crippen molar-refractivity contribution in [1.82, 2.24) is 14.5 Å². The van der Waals surface area contributed by atoms with Gasteiger partial charge in [-0.2, -0.15) is 0 Å². The summed E-state index contributed by atoms with van der Waals surface area (Å²) >= 11 is 0. The second kappa shape index (κ2) is 7.76. The number of phenols is 1. The van der Waals surface area contributed by atoms with Gasteiger partial charge in [0.2, 0.25) is 5.96 Å². The topological polar surface area (TPSA) is 74.0 Å². The summed E-state index contributed by atoms with van der Waals surface area (Å²) in [5.41, 5.74) is 2.81. The van der Waals surface area contributed by atoms with Crippen LogP contribution in [0, 0.1) is 0 Å². The lowest BCUT2D eigenvalue weighted by Crippen LogP contribution is -2.53. The van der Waals surface area contributed by atoms with E-state index >= 15 is 0 Å². The Balaban J connectivity index is 1.50. The monoisotopic (exact) mass is 441 g/mol. The molecule has 168 valence electrons. The molecule has 1 saturated carbocycles. The minimum atomic E-state index is -0.0342. The van der Waals surface area contributed by atoms with Gasteiger partial charge in [-0.05, 0) is 49.4 Å². The van der Waals surface area contributed by atoms with Gasteiger partial charge in [-0.15, -0.1) is 0 Å². The summed E-state index contributed by atoms with van der Waals surface area (Å²) in [4.78, 5) is 27.9. The standard InChI is InChI=1S/C26H27N5O2/c1-2-29-25(33)23-24(31-21-10-6-9-20(21)27-26(29)31)28-22(15-17-7-4-3-5-8-17)30(23)16-18-11-13-19(32)14-12-18/h3-5,7-8,11-14,20-21,32H,2,6,9-10,15-16H2,1H3/t20-,21+/m1/s1. The van der Waals surface area contributed by atoms with Gasteiger partial charge in [0.25, 0.3) is 5.91 Å². The Morgan fingerprint density at radius 2 is 1.82 bits per heavy atom. The lowest BCUT2D eigenvalue weighted by molar-refractivity contribution is 0.0835. The lowest BCUT2D eigenvalue weighted by atomic mass is 10.1. The first-order chi connectivity index (χ1) is 16.1. The molecule has 6 rings (SSSR count). The van der Waals surface area contributed by atoms with E-state index in [1.54, 1.807) is 12.1 Å². The molecule has 0 bridgehead atoms. The van der Waals surface area contributed by atoms with Crippen LogP contribution < -0.4 is 4.90 Å². The van der Waals surface area contributed by atoms with E-state index in [9.17, 15) is 9.90 Å². The van der Waals surface area contributed by atoms with Gasteiger partial charge in [-0.1, -0.05) is 42.5 Å². The Kier molecular flexibility index (Phi) is 4.71. The second-order valence-electron chi connectivity index (χ2n) is 9.03. The van der Waals surface area contributed by atoms with Crippen LogP contribution in [0.3, 0.4) is 0 Å². The summed E-state index contributed by atoms with van der Waals surface area (Å²) in [6, 6.07) is 17.9. The van der Waals surface area contributed by atoms with E-state index in [0.717, 1.165) is 48.0 Å². The third-order valence-corrected chi connectivity index (χ3v) is 7.02. The number of rotatable bonds is 5. The summed E-state index contributed by atoms with van der Waals surface area (Å²) in [5, 5.41) is 9.72. The SMILES string of the molecule is CCN1C(=O)c2c(nc(Cc3ccccc3)n2Cc2ccc(O)cc2)N2C1=N[C@@H]1CCC[C@@H]12. The van der Waals surface area contributed by atoms with E-state index in [-0.39, 0.29) is 23.7 Å². The quantitative estimate of drug-likeness (QED) is 0.654. The highest BCUT2D eigenvalue weighted by Crippen LogP contribution is 2.41. The van der Waals surface area contributed by atoms with Crippen molar-refractivity contribution < 1.29 is 9.90 Å². The zero-order valence-electron chi connectivity index (χ0n) is 18.7. The van der Waals surface area contributed by atoms with Gasteiger partial charge in [0.1, 0.15) is 11.6 Å². The third kappa shape index (κ3) is 3.22. The van der Waals surface area contributed by atoms with Crippen LogP contribution in [0.5, 0.6) is 5.75 Å². The number of imidazole rings is 1. The largest absolute Gasteiger partial charge is 0.508 e. The summed E-state index contributed by atoms with van der Waals surface area (Å²) in [7, 11) is 0. The Hall–Kier alpha value is -3.61. The minimum Gasteiger partial charge on any atom is -0.508 e. The maximum absolute atomic E-state index is 13.8. The molecule has 1 N–H and O–H groups in total. The predicted octanol–water partition coefficient (Wildman–Crippen LogP) is 3.80. The number of aromatic hydroxyl groups is 1. The highest BCUT2D eigenvalue weighted by atomic mass is 16.3.